The van der Waals surface area contributed by atoms with Crippen molar-refractivity contribution in [1.82, 2.24) is 5.32 Å². The van der Waals surface area contributed by atoms with Crippen molar-refractivity contribution in [3.8, 4) is 11.1 Å². The Morgan fingerprint density at radius 3 is 1.71 bits per heavy atom. The molecular weight excluding hydrogens is 520 g/mol. The Labute approximate surface area is 241 Å². The first-order chi connectivity index (χ1) is 19.2. The average Bonchev–Trinajstić information content (AvgIpc) is 2.90. The first-order valence-electron chi connectivity index (χ1n) is 13.5. The van der Waals surface area contributed by atoms with Gasteiger partial charge in [-0.3, -0.25) is 14.4 Å². The van der Waals surface area contributed by atoms with Crippen molar-refractivity contribution in [2.45, 2.75) is 71.6 Å². The summed E-state index contributed by atoms with van der Waals surface area (Å²) in [7, 11) is 0. The van der Waals surface area contributed by atoms with Crippen LogP contribution in [0.3, 0.4) is 0 Å². The largest absolute Gasteiger partial charge is 0.460 e. The predicted molar refractivity (Wildman–Crippen MR) is 158 cm³/mol. The number of carbonyl (C=O) groups is 4. The van der Waals surface area contributed by atoms with E-state index in [4.69, 9.17) is 9.47 Å². The Kier molecular flexibility index (Phi) is 10.1. The van der Waals surface area contributed by atoms with Crippen LogP contribution in [0.4, 0.5) is 5.69 Å². The standard InChI is InChI=1S/C33H38N2O6/c1-32(2,3)40-28(36)21-20-27(31(39)41-33(4,5)6)35-30(38)25-14-12-22(13-15-25)23-16-18-26(19-17-23)34-29(37)24-10-8-7-9-11-24/h7-19,27H,20-21H2,1-6H3,(H,34,37)(H,35,38). The Morgan fingerprint density at radius 1 is 0.659 bits per heavy atom. The number of rotatable bonds is 9. The Hall–Kier alpha value is -4.46. The zero-order valence-corrected chi connectivity index (χ0v) is 24.4. The lowest BCUT2D eigenvalue weighted by molar-refractivity contribution is -0.158. The molecule has 216 valence electrons. The molecular formula is C33H38N2O6. The second-order valence-electron chi connectivity index (χ2n) is 11.7. The molecule has 0 saturated heterocycles. The third-order valence-electron chi connectivity index (χ3n) is 5.71. The molecule has 0 bridgehead atoms. The molecule has 0 aliphatic heterocycles. The summed E-state index contributed by atoms with van der Waals surface area (Å²) >= 11 is 0. The fourth-order valence-corrected chi connectivity index (χ4v) is 3.87. The zero-order valence-electron chi connectivity index (χ0n) is 24.4. The quantitative estimate of drug-likeness (QED) is 0.304. The number of amides is 2. The summed E-state index contributed by atoms with van der Waals surface area (Å²) in [6.45, 7) is 10.5. The van der Waals surface area contributed by atoms with Crippen molar-refractivity contribution in [2.75, 3.05) is 5.32 Å². The van der Waals surface area contributed by atoms with Crippen LogP contribution in [0.5, 0.6) is 0 Å². The van der Waals surface area contributed by atoms with Crippen LogP contribution in [0.2, 0.25) is 0 Å². The number of hydrogen-bond acceptors (Lipinski definition) is 6. The van der Waals surface area contributed by atoms with Crippen molar-refractivity contribution in [2.24, 2.45) is 0 Å². The van der Waals surface area contributed by atoms with Gasteiger partial charge in [-0.25, -0.2) is 4.79 Å². The molecule has 0 saturated carbocycles. The number of anilines is 1. The van der Waals surface area contributed by atoms with Gasteiger partial charge in [0.1, 0.15) is 17.2 Å². The predicted octanol–water partition coefficient (Wildman–Crippen LogP) is 6.17. The highest BCUT2D eigenvalue weighted by molar-refractivity contribution is 6.04. The van der Waals surface area contributed by atoms with Gasteiger partial charge < -0.3 is 20.1 Å². The second kappa shape index (κ2) is 13.3. The highest BCUT2D eigenvalue weighted by Gasteiger charge is 2.28. The molecule has 0 aliphatic rings. The van der Waals surface area contributed by atoms with Gasteiger partial charge in [0.15, 0.2) is 0 Å². The van der Waals surface area contributed by atoms with Crippen LogP contribution in [-0.2, 0) is 19.1 Å². The second-order valence-corrected chi connectivity index (χ2v) is 11.7. The maximum absolute atomic E-state index is 13.0. The third-order valence-corrected chi connectivity index (χ3v) is 5.71. The van der Waals surface area contributed by atoms with E-state index in [1.54, 1.807) is 77.9 Å². The lowest BCUT2D eigenvalue weighted by Crippen LogP contribution is -2.44. The number of ether oxygens (including phenoxy) is 2. The van der Waals surface area contributed by atoms with Gasteiger partial charge in [-0.1, -0.05) is 42.5 Å². The summed E-state index contributed by atoms with van der Waals surface area (Å²) < 4.78 is 10.8. The van der Waals surface area contributed by atoms with Crippen LogP contribution >= 0.6 is 0 Å². The molecule has 1 unspecified atom stereocenters. The Morgan fingerprint density at radius 2 is 1.17 bits per heavy atom. The van der Waals surface area contributed by atoms with Crippen LogP contribution in [0.25, 0.3) is 11.1 Å². The van der Waals surface area contributed by atoms with Crippen LogP contribution in [0, 0.1) is 0 Å². The molecule has 41 heavy (non-hydrogen) atoms. The number of esters is 2. The van der Waals surface area contributed by atoms with Crippen LogP contribution in [0.1, 0.15) is 75.1 Å². The average molecular weight is 559 g/mol. The van der Waals surface area contributed by atoms with E-state index in [1.165, 1.54) is 0 Å². The minimum atomic E-state index is -1.02. The van der Waals surface area contributed by atoms with Crippen molar-refractivity contribution in [3.63, 3.8) is 0 Å². The highest BCUT2D eigenvalue weighted by Crippen LogP contribution is 2.23. The summed E-state index contributed by atoms with van der Waals surface area (Å²) in [5.41, 5.74) is 1.96. The monoisotopic (exact) mass is 558 g/mol. The molecule has 8 nitrogen and oxygen atoms in total. The van der Waals surface area contributed by atoms with E-state index in [-0.39, 0.29) is 18.7 Å². The third kappa shape index (κ3) is 10.2. The highest BCUT2D eigenvalue weighted by atomic mass is 16.6. The van der Waals surface area contributed by atoms with Gasteiger partial charge in [-0.05, 0) is 95.5 Å². The zero-order chi connectivity index (χ0) is 30.2. The summed E-state index contributed by atoms with van der Waals surface area (Å²) in [5, 5.41) is 5.58. The molecule has 8 heteroatoms. The van der Waals surface area contributed by atoms with E-state index in [2.05, 4.69) is 10.6 Å². The normalized spacial score (nSPS) is 12.1. The molecule has 0 aliphatic carbocycles. The Bertz CT molecular complexity index is 1350. The molecule has 3 aromatic carbocycles. The molecule has 3 rings (SSSR count). The van der Waals surface area contributed by atoms with Gasteiger partial charge in [0.2, 0.25) is 0 Å². The minimum absolute atomic E-state index is 0.0425. The number of hydrogen-bond donors (Lipinski definition) is 2. The number of nitrogens with one attached hydrogen (secondary N) is 2. The summed E-state index contributed by atoms with van der Waals surface area (Å²) in [5.74, 6) is -1.74. The molecule has 0 heterocycles. The van der Waals surface area contributed by atoms with Crippen molar-refractivity contribution in [3.05, 3.63) is 90.0 Å². The van der Waals surface area contributed by atoms with Gasteiger partial charge in [0, 0.05) is 23.2 Å². The molecule has 1 atom stereocenters. The Balaban J connectivity index is 1.65. The molecule has 0 aromatic heterocycles. The van der Waals surface area contributed by atoms with Gasteiger partial charge in [-0.2, -0.15) is 0 Å². The lowest BCUT2D eigenvalue weighted by atomic mass is 10.0. The van der Waals surface area contributed by atoms with Gasteiger partial charge in [0.05, 0.1) is 0 Å². The van der Waals surface area contributed by atoms with E-state index in [0.717, 1.165) is 11.1 Å². The van der Waals surface area contributed by atoms with Crippen molar-refractivity contribution >= 4 is 29.4 Å². The van der Waals surface area contributed by atoms with E-state index in [9.17, 15) is 19.2 Å². The molecule has 0 spiro atoms. The number of carbonyl (C=O) groups excluding carboxylic acids is 4. The van der Waals surface area contributed by atoms with Gasteiger partial charge in [0.25, 0.3) is 11.8 Å². The summed E-state index contributed by atoms with van der Waals surface area (Å²) in [6.07, 6.45) is -0.0109. The maximum atomic E-state index is 13.0. The first-order valence-corrected chi connectivity index (χ1v) is 13.5. The van der Waals surface area contributed by atoms with E-state index >= 15 is 0 Å². The molecule has 2 amide bonds. The van der Waals surface area contributed by atoms with Crippen LogP contribution < -0.4 is 10.6 Å². The maximum Gasteiger partial charge on any atom is 0.329 e. The lowest BCUT2D eigenvalue weighted by Gasteiger charge is -2.25. The first kappa shape index (κ1) is 31.1. The van der Waals surface area contributed by atoms with Gasteiger partial charge >= 0.3 is 11.9 Å². The minimum Gasteiger partial charge on any atom is -0.460 e. The molecule has 3 aromatic rings. The number of benzene rings is 3. The fourth-order valence-electron chi connectivity index (χ4n) is 3.87. The SMILES string of the molecule is CC(C)(C)OC(=O)CCC(NC(=O)c1ccc(-c2ccc(NC(=O)c3ccccc3)cc2)cc1)C(=O)OC(C)(C)C. The summed E-state index contributed by atoms with van der Waals surface area (Å²) in [4.78, 5) is 50.5. The molecule has 0 radical (unpaired) electrons. The molecule has 0 fully saturated rings. The van der Waals surface area contributed by atoms with Gasteiger partial charge in [-0.15, -0.1) is 0 Å². The van der Waals surface area contributed by atoms with Crippen LogP contribution in [-0.4, -0.2) is 41.0 Å². The topological polar surface area (TPSA) is 111 Å². The van der Waals surface area contributed by atoms with E-state index in [0.29, 0.717) is 16.8 Å². The smallest absolute Gasteiger partial charge is 0.329 e. The fraction of sp³-hybridized carbons (Fsp3) is 0.333. The summed E-state index contributed by atoms with van der Waals surface area (Å²) in [6, 6.07) is 22.3. The van der Waals surface area contributed by atoms with Crippen LogP contribution in [0.15, 0.2) is 78.9 Å². The van der Waals surface area contributed by atoms with Crippen molar-refractivity contribution < 1.29 is 28.7 Å². The van der Waals surface area contributed by atoms with E-state index in [1.807, 2.05) is 42.5 Å². The van der Waals surface area contributed by atoms with Crippen molar-refractivity contribution in [1.29, 1.82) is 0 Å². The van der Waals surface area contributed by atoms with E-state index < -0.39 is 35.1 Å². The molecule has 2 N–H and O–H groups in total.